The Morgan fingerprint density at radius 2 is 1.87 bits per heavy atom. The van der Waals surface area contributed by atoms with Crippen LogP contribution in [0.4, 0.5) is 11.4 Å². The Hall–Kier alpha value is -4.24. The smallest absolute Gasteiger partial charge is 0.338 e. The van der Waals surface area contributed by atoms with Crippen molar-refractivity contribution in [2.45, 2.75) is 19.9 Å². The van der Waals surface area contributed by atoms with Crippen molar-refractivity contribution in [1.29, 1.82) is 0 Å². The molecule has 2 aliphatic rings. The highest BCUT2D eigenvalue weighted by Crippen LogP contribution is 2.35. The van der Waals surface area contributed by atoms with E-state index in [4.69, 9.17) is 4.74 Å². The van der Waals surface area contributed by atoms with Crippen LogP contribution in [0.1, 0.15) is 31.0 Å². The summed E-state index contributed by atoms with van der Waals surface area (Å²) in [6.07, 6.45) is 1.66. The average molecular weight is 529 g/mol. The summed E-state index contributed by atoms with van der Waals surface area (Å²) in [4.78, 5) is 49.5. The molecule has 2 aromatic carbocycles. The minimum atomic E-state index is -0.744. The third-order valence-corrected chi connectivity index (χ3v) is 7.73. The number of aromatic nitrogens is 1. The van der Waals surface area contributed by atoms with E-state index in [1.54, 1.807) is 24.8 Å². The number of amides is 1. The monoisotopic (exact) mass is 528 g/mol. The second kappa shape index (κ2) is 9.90. The van der Waals surface area contributed by atoms with E-state index in [2.05, 4.69) is 11.6 Å². The van der Waals surface area contributed by atoms with Gasteiger partial charge >= 0.3 is 5.97 Å². The highest BCUT2D eigenvalue weighted by atomic mass is 32.1. The van der Waals surface area contributed by atoms with Crippen LogP contribution in [0.2, 0.25) is 0 Å². The zero-order chi connectivity index (χ0) is 27.1. The number of carbonyl (C=O) groups is 2. The topological polar surface area (TPSA) is 84.2 Å². The van der Waals surface area contributed by atoms with Crippen LogP contribution in [-0.4, -0.2) is 43.7 Å². The van der Waals surface area contributed by atoms with Crippen LogP contribution in [0.3, 0.4) is 0 Å². The number of hydrogen-bond acceptors (Lipinski definition) is 7. The number of thiazole rings is 1. The van der Waals surface area contributed by atoms with Crippen molar-refractivity contribution in [1.82, 2.24) is 4.57 Å². The van der Waals surface area contributed by atoms with Crippen molar-refractivity contribution in [2.24, 2.45) is 4.99 Å². The average Bonchev–Trinajstić information content (AvgIpc) is 3.36. The lowest BCUT2D eigenvalue weighted by atomic mass is 9.95. The SMILES string of the molecule is C=CCN1C(=O)/C(=c2/sc3n(c2=O)[C@@H](c2ccc(N(C)C)cc2)C(C(=O)OCC)=C(C)N=3)c2ccccc21. The van der Waals surface area contributed by atoms with Gasteiger partial charge in [0.25, 0.3) is 11.5 Å². The molecular formula is C29H28N4O4S. The number of fused-ring (bicyclic) bond motifs is 2. The van der Waals surface area contributed by atoms with E-state index in [-0.39, 0.29) is 18.1 Å². The van der Waals surface area contributed by atoms with E-state index in [9.17, 15) is 14.4 Å². The maximum Gasteiger partial charge on any atom is 0.338 e. The fourth-order valence-corrected chi connectivity index (χ4v) is 6.06. The molecule has 9 heteroatoms. The zero-order valence-corrected chi connectivity index (χ0v) is 22.5. The van der Waals surface area contributed by atoms with Gasteiger partial charge in [-0.15, -0.1) is 6.58 Å². The van der Waals surface area contributed by atoms with Crippen molar-refractivity contribution in [3.63, 3.8) is 0 Å². The molecule has 3 heterocycles. The summed E-state index contributed by atoms with van der Waals surface area (Å²) in [5, 5.41) is 0. The van der Waals surface area contributed by atoms with Gasteiger partial charge in [-0.25, -0.2) is 9.79 Å². The molecule has 0 aliphatic carbocycles. The molecule has 1 amide bonds. The third-order valence-electron chi connectivity index (χ3n) is 6.68. The van der Waals surface area contributed by atoms with Gasteiger partial charge < -0.3 is 14.5 Å². The lowest BCUT2D eigenvalue weighted by Gasteiger charge is -2.25. The molecule has 0 bridgehead atoms. The number of nitrogens with zero attached hydrogens (tertiary/aromatic N) is 4. The predicted molar refractivity (Wildman–Crippen MR) is 149 cm³/mol. The molecule has 0 spiro atoms. The van der Waals surface area contributed by atoms with Gasteiger partial charge in [-0.05, 0) is 37.6 Å². The summed E-state index contributed by atoms with van der Waals surface area (Å²) in [6, 6.07) is 14.4. The zero-order valence-electron chi connectivity index (χ0n) is 21.7. The van der Waals surface area contributed by atoms with E-state index >= 15 is 0 Å². The number of benzene rings is 2. The van der Waals surface area contributed by atoms with E-state index in [0.717, 1.165) is 28.3 Å². The molecule has 1 aromatic heterocycles. The van der Waals surface area contributed by atoms with Crippen LogP contribution in [0, 0.1) is 0 Å². The molecule has 0 unspecified atom stereocenters. The number of esters is 1. The summed E-state index contributed by atoms with van der Waals surface area (Å²) < 4.78 is 7.19. The second-order valence-corrected chi connectivity index (χ2v) is 10.2. The Labute approximate surface area is 224 Å². The summed E-state index contributed by atoms with van der Waals surface area (Å²) in [7, 11) is 3.89. The van der Waals surface area contributed by atoms with Gasteiger partial charge in [0.15, 0.2) is 4.80 Å². The Morgan fingerprint density at radius 3 is 2.53 bits per heavy atom. The van der Waals surface area contributed by atoms with E-state index in [1.807, 2.05) is 67.5 Å². The van der Waals surface area contributed by atoms with Crippen molar-refractivity contribution in [3.8, 4) is 0 Å². The molecule has 0 radical (unpaired) electrons. The lowest BCUT2D eigenvalue weighted by molar-refractivity contribution is -0.139. The first-order valence-corrected chi connectivity index (χ1v) is 13.1. The van der Waals surface area contributed by atoms with Crippen LogP contribution < -0.4 is 24.7 Å². The first-order chi connectivity index (χ1) is 18.3. The molecule has 1 atom stereocenters. The quantitative estimate of drug-likeness (QED) is 0.363. The van der Waals surface area contributed by atoms with Crippen molar-refractivity contribution < 1.29 is 14.3 Å². The Bertz CT molecular complexity index is 1680. The molecule has 194 valence electrons. The molecule has 0 fully saturated rings. The highest BCUT2D eigenvalue weighted by molar-refractivity contribution is 7.07. The van der Waals surface area contributed by atoms with Gasteiger partial charge in [0, 0.05) is 31.9 Å². The number of anilines is 2. The number of rotatable bonds is 6. The number of hydrogen-bond donors (Lipinski definition) is 0. The summed E-state index contributed by atoms with van der Waals surface area (Å²) in [5.74, 6) is -0.780. The first kappa shape index (κ1) is 25.4. The van der Waals surface area contributed by atoms with Crippen molar-refractivity contribution in [2.75, 3.05) is 37.0 Å². The van der Waals surface area contributed by atoms with Gasteiger partial charge in [0.1, 0.15) is 4.53 Å². The van der Waals surface area contributed by atoms with Crippen LogP contribution >= 0.6 is 11.3 Å². The van der Waals surface area contributed by atoms with Crippen LogP contribution in [0.5, 0.6) is 0 Å². The standard InChI is InChI=1S/C29H28N4O4S/c1-6-16-32-21-11-9-8-10-20(21)23(26(32)34)25-27(35)33-24(18-12-14-19(15-13-18)31(4)5)22(28(36)37-7-2)17(3)30-29(33)38-25/h6,8-15,24H,1,7,16H2,2-5H3/b25-23+/t24-/m0/s1. The van der Waals surface area contributed by atoms with E-state index in [1.165, 1.54) is 4.57 Å². The fourth-order valence-electron chi connectivity index (χ4n) is 4.92. The summed E-state index contributed by atoms with van der Waals surface area (Å²) >= 11 is 1.16. The molecular weight excluding hydrogens is 500 g/mol. The third kappa shape index (κ3) is 3.99. The van der Waals surface area contributed by atoms with Gasteiger partial charge in [-0.1, -0.05) is 47.7 Å². The van der Waals surface area contributed by atoms with Crippen LogP contribution in [0.15, 0.2) is 82.2 Å². The molecule has 3 aromatic rings. The van der Waals surface area contributed by atoms with Gasteiger partial charge in [-0.3, -0.25) is 14.2 Å². The molecule has 0 N–H and O–H groups in total. The van der Waals surface area contributed by atoms with E-state index in [0.29, 0.717) is 38.3 Å². The minimum absolute atomic E-state index is 0.195. The molecule has 0 saturated heterocycles. The first-order valence-electron chi connectivity index (χ1n) is 12.3. The van der Waals surface area contributed by atoms with Crippen LogP contribution in [-0.2, 0) is 14.3 Å². The van der Waals surface area contributed by atoms with E-state index < -0.39 is 12.0 Å². The molecule has 8 nitrogen and oxygen atoms in total. The fraction of sp³-hybridized carbons (Fsp3) is 0.241. The molecule has 0 saturated carbocycles. The lowest BCUT2D eigenvalue weighted by Crippen LogP contribution is -2.41. The minimum Gasteiger partial charge on any atom is -0.463 e. The van der Waals surface area contributed by atoms with Gasteiger partial charge in [0.05, 0.1) is 35.2 Å². The maximum atomic E-state index is 14.1. The number of para-hydroxylation sites is 1. The normalized spacial score (nSPS) is 17.6. The predicted octanol–water partition coefficient (Wildman–Crippen LogP) is 2.77. The molecule has 38 heavy (non-hydrogen) atoms. The van der Waals surface area contributed by atoms with Gasteiger partial charge in [0.2, 0.25) is 0 Å². The maximum absolute atomic E-state index is 14.1. The van der Waals surface area contributed by atoms with Gasteiger partial charge in [-0.2, -0.15) is 0 Å². The Balaban J connectivity index is 1.79. The number of carbonyl (C=O) groups excluding carboxylic acids is 2. The summed E-state index contributed by atoms with van der Waals surface area (Å²) in [5.41, 5.74) is 3.91. The van der Waals surface area contributed by atoms with Crippen LogP contribution in [0.25, 0.3) is 5.57 Å². The van der Waals surface area contributed by atoms with Crippen molar-refractivity contribution >= 4 is 40.2 Å². The number of allylic oxidation sites excluding steroid dienone is 1. The summed E-state index contributed by atoms with van der Waals surface area (Å²) in [6.45, 7) is 7.78. The highest BCUT2D eigenvalue weighted by Gasteiger charge is 2.37. The Kier molecular flexibility index (Phi) is 6.62. The molecule has 2 aliphatic heterocycles. The molecule has 5 rings (SSSR count). The largest absolute Gasteiger partial charge is 0.463 e. The second-order valence-electron chi connectivity index (χ2n) is 9.21. The Morgan fingerprint density at radius 1 is 1.16 bits per heavy atom. The van der Waals surface area contributed by atoms with Crippen molar-refractivity contribution in [3.05, 3.63) is 103 Å². The number of ether oxygens (including phenoxy) is 1.